The van der Waals surface area contributed by atoms with Gasteiger partial charge < -0.3 is 10.1 Å². The second-order valence-corrected chi connectivity index (χ2v) is 3.70. The van der Waals surface area contributed by atoms with E-state index in [0.717, 1.165) is 0 Å². The van der Waals surface area contributed by atoms with Gasteiger partial charge in [0.1, 0.15) is 6.54 Å². The van der Waals surface area contributed by atoms with Crippen LogP contribution in [0.25, 0.3) is 6.08 Å². The third-order valence-corrected chi connectivity index (χ3v) is 2.24. The van der Waals surface area contributed by atoms with E-state index in [9.17, 15) is 19.7 Å². The summed E-state index contributed by atoms with van der Waals surface area (Å²) in [5.41, 5.74) is 0.621. The van der Waals surface area contributed by atoms with Gasteiger partial charge in [0.25, 0.3) is 5.69 Å². The maximum Gasteiger partial charge on any atom is 0.325 e. The summed E-state index contributed by atoms with van der Waals surface area (Å²) in [7, 11) is 0. The average molecular weight is 278 g/mol. The number of rotatable bonds is 6. The largest absolute Gasteiger partial charge is 0.465 e. The third-order valence-electron chi connectivity index (χ3n) is 2.24. The van der Waals surface area contributed by atoms with E-state index in [0.29, 0.717) is 5.56 Å². The van der Waals surface area contributed by atoms with Crippen molar-refractivity contribution in [2.24, 2.45) is 0 Å². The molecule has 0 aromatic heterocycles. The molecule has 0 heterocycles. The Morgan fingerprint density at radius 1 is 1.35 bits per heavy atom. The Morgan fingerprint density at radius 3 is 2.55 bits per heavy atom. The topological polar surface area (TPSA) is 98.5 Å². The number of hydrogen-bond donors (Lipinski definition) is 1. The minimum atomic E-state index is -0.510. The predicted molar refractivity (Wildman–Crippen MR) is 71.8 cm³/mol. The molecule has 20 heavy (non-hydrogen) atoms. The van der Waals surface area contributed by atoms with E-state index in [1.165, 1.54) is 36.4 Å². The molecule has 0 bridgehead atoms. The molecule has 0 aliphatic rings. The summed E-state index contributed by atoms with van der Waals surface area (Å²) in [5, 5.41) is 12.8. The predicted octanol–water partition coefficient (Wildman–Crippen LogP) is 1.29. The van der Waals surface area contributed by atoms with E-state index >= 15 is 0 Å². The summed E-state index contributed by atoms with van der Waals surface area (Å²) in [6.45, 7) is 1.73. The van der Waals surface area contributed by atoms with Crippen molar-refractivity contribution in [3.63, 3.8) is 0 Å². The van der Waals surface area contributed by atoms with E-state index in [-0.39, 0.29) is 18.8 Å². The molecule has 0 aliphatic carbocycles. The van der Waals surface area contributed by atoms with Gasteiger partial charge in [-0.3, -0.25) is 19.7 Å². The smallest absolute Gasteiger partial charge is 0.325 e. The lowest BCUT2D eigenvalue weighted by atomic mass is 10.2. The number of carbonyl (C=O) groups excluding carboxylic acids is 2. The molecule has 0 spiro atoms. The summed E-state index contributed by atoms with van der Waals surface area (Å²) < 4.78 is 4.65. The number of nitrogens with zero attached hydrogens (tertiary/aromatic N) is 1. The molecule has 1 aromatic carbocycles. The number of non-ortho nitro benzene ring substituents is 1. The third kappa shape index (κ3) is 5.30. The molecule has 1 aromatic rings. The molecule has 1 N–H and O–H groups in total. The summed E-state index contributed by atoms with van der Waals surface area (Å²) >= 11 is 0. The highest BCUT2D eigenvalue weighted by atomic mass is 16.6. The lowest BCUT2D eigenvalue weighted by molar-refractivity contribution is -0.384. The lowest BCUT2D eigenvalue weighted by Gasteiger charge is -2.01. The number of nitro benzene ring substituents is 1. The van der Waals surface area contributed by atoms with Crippen molar-refractivity contribution in [1.82, 2.24) is 5.32 Å². The zero-order valence-electron chi connectivity index (χ0n) is 10.9. The number of benzene rings is 1. The van der Waals surface area contributed by atoms with Crippen LogP contribution in [0.15, 0.2) is 30.3 Å². The molecule has 0 saturated heterocycles. The van der Waals surface area contributed by atoms with E-state index in [4.69, 9.17) is 0 Å². The lowest BCUT2D eigenvalue weighted by Crippen LogP contribution is -2.29. The van der Waals surface area contributed by atoms with E-state index in [2.05, 4.69) is 10.1 Å². The van der Waals surface area contributed by atoms with Crippen LogP contribution in [0.3, 0.4) is 0 Å². The van der Waals surface area contributed by atoms with Crippen LogP contribution in [-0.4, -0.2) is 30.0 Å². The van der Waals surface area contributed by atoms with Crippen LogP contribution in [0.5, 0.6) is 0 Å². The molecule has 0 atom stereocenters. The highest BCUT2D eigenvalue weighted by Crippen LogP contribution is 2.12. The van der Waals surface area contributed by atoms with Gasteiger partial charge in [0, 0.05) is 18.2 Å². The monoisotopic (exact) mass is 278 g/mol. The van der Waals surface area contributed by atoms with Crippen molar-refractivity contribution in [1.29, 1.82) is 0 Å². The molecular formula is C13H14N2O5. The van der Waals surface area contributed by atoms with Crippen LogP contribution in [0.2, 0.25) is 0 Å². The van der Waals surface area contributed by atoms with Gasteiger partial charge in [0.05, 0.1) is 11.5 Å². The number of carbonyl (C=O) groups is 2. The summed E-state index contributed by atoms with van der Waals surface area (Å²) in [6, 6.07) is 5.73. The van der Waals surface area contributed by atoms with Crippen molar-refractivity contribution in [2.75, 3.05) is 13.2 Å². The fourth-order valence-corrected chi connectivity index (χ4v) is 1.31. The minimum Gasteiger partial charge on any atom is -0.465 e. The second-order valence-electron chi connectivity index (χ2n) is 3.70. The SMILES string of the molecule is CCOC(=O)CNC(=O)C=Cc1ccc([N+](=O)[O-])cc1. The second kappa shape index (κ2) is 7.67. The van der Waals surface area contributed by atoms with Gasteiger partial charge in [-0.1, -0.05) is 0 Å². The quantitative estimate of drug-likeness (QED) is 0.366. The zero-order valence-corrected chi connectivity index (χ0v) is 10.9. The molecule has 7 heteroatoms. The molecular weight excluding hydrogens is 264 g/mol. The fraction of sp³-hybridized carbons (Fsp3) is 0.231. The first-order valence-electron chi connectivity index (χ1n) is 5.89. The maximum absolute atomic E-state index is 11.4. The van der Waals surface area contributed by atoms with E-state index in [1.54, 1.807) is 6.92 Å². The maximum atomic E-state index is 11.4. The van der Waals surface area contributed by atoms with Crippen LogP contribution in [-0.2, 0) is 14.3 Å². The van der Waals surface area contributed by atoms with Crippen LogP contribution in [0, 0.1) is 10.1 Å². The Kier molecular flexibility index (Phi) is 5.89. The van der Waals surface area contributed by atoms with Crippen LogP contribution in [0.1, 0.15) is 12.5 Å². The van der Waals surface area contributed by atoms with Gasteiger partial charge in [-0.15, -0.1) is 0 Å². The zero-order chi connectivity index (χ0) is 15.0. The van der Waals surface area contributed by atoms with Gasteiger partial charge in [-0.2, -0.15) is 0 Å². The fourth-order valence-electron chi connectivity index (χ4n) is 1.31. The van der Waals surface area contributed by atoms with Crippen molar-refractivity contribution in [2.45, 2.75) is 6.92 Å². The van der Waals surface area contributed by atoms with Crippen molar-refractivity contribution < 1.29 is 19.2 Å². The van der Waals surface area contributed by atoms with E-state index < -0.39 is 16.8 Å². The summed E-state index contributed by atoms with van der Waals surface area (Å²) in [4.78, 5) is 32.3. The standard InChI is InChI=1S/C13H14N2O5/c1-2-20-13(17)9-14-12(16)8-5-10-3-6-11(7-4-10)15(18)19/h3-8H,2,9H2,1H3,(H,14,16). The summed E-state index contributed by atoms with van der Waals surface area (Å²) in [6.07, 6.45) is 2.73. The molecule has 7 nitrogen and oxygen atoms in total. The number of amides is 1. The molecule has 0 unspecified atom stereocenters. The highest BCUT2D eigenvalue weighted by Gasteiger charge is 2.04. The molecule has 0 radical (unpaired) electrons. The first-order valence-corrected chi connectivity index (χ1v) is 5.89. The minimum absolute atomic E-state index is 0.0195. The van der Waals surface area contributed by atoms with Gasteiger partial charge >= 0.3 is 5.97 Å². The van der Waals surface area contributed by atoms with Gasteiger partial charge in [0.15, 0.2) is 0 Å². The molecule has 106 valence electrons. The van der Waals surface area contributed by atoms with Crippen molar-refractivity contribution in [3.8, 4) is 0 Å². The molecule has 1 amide bonds. The molecule has 0 saturated carbocycles. The van der Waals surface area contributed by atoms with Crippen LogP contribution >= 0.6 is 0 Å². The van der Waals surface area contributed by atoms with Gasteiger partial charge in [0.2, 0.25) is 5.91 Å². The Hall–Kier alpha value is -2.70. The van der Waals surface area contributed by atoms with Crippen LogP contribution in [0.4, 0.5) is 5.69 Å². The Balaban J connectivity index is 2.48. The number of nitrogens with one attached hydrogen (secondary N) is 1. The Morgan fingerprint density at radius 2 is 2.00 bits per heavy atom. The van der Waals surface area contributed by atoms with Gasteiger partial charge in [-0.05, 0) is 30.7 Å². The highest BCUT2D eigenvalue weighted by molar-refractivity contribution is 5.93. The molecule has 1 rings (SSSR count). The first-order chi connectivity index (χ1) is 9.52. The van der Waals surface area contributed by atoms with Crippen molar-refractivity contribution in [3.05, 3.63) is 46.0 Å². The average Bonchev–Trinajstić information content (AvgIpc) is 2.43. The normalized spacial score (nSPS) is 10.2. The number of nitro groups is 1. The molecule has 0 fully saturated rings. The van der Waals surface area contributed by atoms with Gasteiger partial charge in [-0.25, -0.2) is 0 Å². The number of esters is 1. The Bertz CT molecular complexity index is 522. The number of hydrogen-bond acceptors (Lipinski definition) is 5. The number of ether oxygens (including phenoxy) is 1. The Labute approximate surface area is 115 Å². The van der Waals surface area contributed by atoms with Crippen LogP contribution < -0.4 is 5.32 Å². The van der Waals surface area contributed by atoms with Crippen molar-refractivity contribution >= 4 is 23.6 Å². The summed E-state index contributed by atoms with van der Waals surface area (Å²) in [5.74, 6) is -0.957. The first kappa shape index (κ1) is 15.4. The van der Waals surface area contributed by atoms with E-state index in [1.807, 2.05) is 0 Å². The molecule has 0 aliphatic heterocycles.